The molecular formula is C21H19N3O4S. The molecule has 0 atom stereocenters. The van der Waals surface area contributed by atoms with Crippen LogP contribution in [0.2, 0.25) is 0 Å². The Kier molecular flexibility index (Phi) is 4.71. The standard InChI is InChI=1S/C21H19N3O4S/c1-2-17(14-9-11-16(25)12-10-14)22-23-20(26)13-24-18-7-3-5-15-6-4-8-19(21(15)18)29(24,27)28/h3-12,25H,2,13H2,1H3,(H,23,26)/b22-17+. The Hall–Kier alpha value is -3.39. The van der Waals surface area contributed by atoms with Crippen LogP contribution < -0.4 is 9.73 Å². The Morgan fingerprint density at radius 3 is 2.45 bits per heavy atom. The van der Waals surface area contributed by atoms with E-state index in [0.29, 0.717) is 23.2 Å². The lowest BCUT2D eigenvalue weighted by molar-refractivity contribution is -0.119. The first-order valence-corrected chi connectivity index (χ1v) is 10.5. The van der Waals surface area contributed by atoms with Crippen LogP contribution in [0.25, 0.3) is 10.8 Å². The number of phenolic OH excluding ortho intramolecular Hbond substituents is 1. The van der Waals surface area contributed by atoms with E-state index in [2.05, 4.69) is 10.5 Å². The average molecular weight is 409 g/mol. The fourth-order valence-corrected chi connectivity index (χ4v) is 5.09. The van der Waals surface area contributed by atoms with Crippen molar-refractivity contribution in [2.24, 2.45) is 5.10 Å². The Bertz CT molecular complexity index is 1230. The molecule has 0 spiro atoms. The number of phenols is 1. The highest BCUT2D eigenvalue weighted by molar-refractivity contribution is 7.93. The molecule has 0 radical (unpaired) electrons. The summed E-state index contributed by atoms with van der Waals surface area (Å²) in [6, 6.07) is 16.9. The van der Waals surface area contributed by atoms with Crippen LogP contribution in [0.4, 0.5) is 5.69 Å². The van der Waals surface area contributed by atoms with Gasteiger partial charge in [-0.15, -0.1) is 0 Å². The fourth-order valence-electron chi connectivity index (χ4n) is 3.43. The summed E-state index contributed by atoms with van der Waals surface area (Å²) in [7, 11) is -3.80. The lowest BCUT2D eigenvalue weighted by Gasteiger charge is -2.17. The molecule has 2 N–H and O–H groups in total. The Labute approximate surface area is 168 Å². The van der Waals surface area contributed by atoms with Gasteiger partial charge >= 0.3 is 0 Å². The van der Waals surface area contributed by atoms with E-state index < -0.39 is 15.9 Å². The van der Waals surface area contributed by atoms with Gasteiger partial charge in [0.05, 0.1) is 16.3 Å². The lowest BCUT2D eigenvalue weighted by Crippen LogP contribution is -2.37. The summed E-state index contributed by atoms with van der Waals surface area (Å²) < 4.78 is 27.0. The van der Waals surface area contributed by atoms with Gasteiger partial charge < -0.3 is 5.11 Å². The fraction of sp³-hybridized carbons (Fsp3) is 0.143. The van der Waals surface area contributed by atoms with Crippen molar-refractivity contribution in [1.29, 1.82) is 0 Å². The second-order valence-corrected chi connectivity index (χ2v) is 8.47. The van der Waals surface area contributed by atoms with Crippen molar-refractivity contribution in [2.45, 2.75) is 18.2 Å². The van der Waals surface area contributed by atoms with Crippen molar-refractivity contribution >= 4 is 38.1 Å². The van der Waals surface area contributed by atoms with Crippen molar-refractivity contribution in [2.75, 3.05) is 10.8 Å². The van der Waals surface area contributed by atoms with Crippen molar-refractivity contribution in [3.05, 3.63) is 66.2 Å². The maximum Gasteiger partial charge on any atom is 0.265 e. The topological polar surface area (TPSA) is 99.1 Å². The normalized spacial score (nSPS) is 14.9. The molecule has 0 fully saturated rings. The monoisotopic (exact) mass is 409 g/mol. The number of aromatic hydroxyl groups is 1. The zero-order valence-corrected chi connectivity index (χ0v) is 16.5. The average Bonchev–Trinajstić information content (AvgIpc) is 2.93. The Morgan fingerprint density at radius 2 is 1.76 bits per heavy atom. The highest BCUT2D eigenvalue weighted by Crippen LogP contribution is 2.41. The van der Waals surface area contributed by atoms with E-state index in [-0.39, 0.29) is 17.2 Å². The van der Waals surface area contributed by atoms with Crippen LogP contribution in [-0.2, 0) is 14.8 Å². The first kappa shape index (κ1) is 18.9. The van der Waals surface area contributed by atoms with Gasteiger partial charge in [-0.1, -0.05) is 31.2 Å². The smallest absolute Gasteiger partial charge is 0.265 e. The van der Waals surface area contributed by atoms with Gasteiger partial charge in [-0.3, -0.25) is 9.10 Å². The summed E-state index contributed by atoms with van der Waals surface area (Å²) in [6.45, 7) is 1.52. The summed E-state index contributed by atoms with van der Waals surface area (Å²) in [4.78, 5) is 12.7. The molecule has 3 aromatic rings. The third kappa shape index (κ3) is 3.31. The summed E-state index contributed by atoms with van der Waals surface area (Å²) in [5.41, 5.74) is 4.32. The van der Waals surface area contributed by atoms with Gasteiger partial charge in [-0.05, 0) is 53.8 Å². The van der Waals surface area contributed by atoms with Gasteiger partial charge in [-0.2, -0.15) is 5.10 Å². The molecule has 1 amide bonds. The molecule has 0 unspecified atom stereocenters. The minimum atomic E-state index is -3.80. The maximum absolute atomic E-state index is 12.9. The SMILES string of the molecule is CC/C(=N\NC(=O)CN1c2cccc3cccc(c23)S1(=O)=O)c1ccc(O)cc1. The van der Waals surface area contributed by atoms with E-state index in [4.69, 9.17) is 0 Å². The zero-order chi connectivity index (χ0) is 20.6. The molecule has 0 bridgehead atoms. The van der Waals surface area contributed by atoms with Gasteiger partial charge in [0.25, 0.3) is 15.9 Å². The Balaban J connectivity index is 1.58. The van der Waals surface area contributed by atoms with E-state index in [1.807, 2.05) is 19.1 Å². The van der Waals surface area contributed by atoms with Gasteiger partial charge in [-0.25, -0.2) is 13.8 Å². The van der Waals surface area contributed by atoms with Crippen LogP contribution in [0.3, 0.4) is 0 Å². The molecule has 1 aliphatic heterocycles. The number of benzene rings is 3. The number of hydrogen-bond acceptors (Lipinski definition) is 5. The molecule has 1 aliphatic rings. The molecule has 0 aliphatic carbocycles. The number of hydrogen-bond donors (Lipinski definition) is 2. The predicted molar refractivity (Wildman–Crippen MR) is 112 cm³/mol. The van der Waals surface area contributed by atoms with Gasteiger partial charge in [0.15, 0.2) is 0 Å². The highest BCUT2D eigenvalue weighted by atomic mass is 32.2. The van der Waals surface area contributed by atoms with Gasteiger partial charge in [0.1, 0.15) is 12.3 Å². The molecule has 1 heterocycles. The molecule has 7 nitrogen and oxygen atoms in total. The highest BCUT2D eigenvalue weighted by Gasteiger charge is 2.36. The van der Waals surface area contributed by atoms with Crippen molar-refractivity contribution in [3.63, 3.8) is 0 Å². The second kappa shape index (κ2) is 7.21. The third-order valence-electron chi connectivity index (χ3n) is 4.82. The van der Waals surface area contributed by atoms with E-state index in [1.165, 1.54) is 12.1 Å². The molecule has 3 aromatic carbocycles. The van der Waals surface area contributed by atoms with Crippen molar-refractivity contribution in [1.82, 2.24) is 5.43 Å². The second-order valence-electron chi connectivity index (χ2n) is 6.64. The zero-order valence-electron chi connectivity index (χ0n) is 15.7. The summed E-state index contributed by atoms with van der Waals surface area (Å²) in [5.74, 6) is -0.399. The summed E-state index contributed by atoms with van der Waals surface area (Å²) in [6.07, 6.45) is 0.553. The first-order chi connectivity index (χ1) is 13.9. The lowest BCUT2D eigenvalue weighted by atomic mass is 10.1. The molecule has 148 valence electrons. The molecule has 8 heteroatoms. The number of sulfonamides is 1. The molecule has 0 saturated heterocycles. The number of carbonyl (C=O) groups is 1. The van der Waals surface area contributed by atoms with E-state index in [1.54, 1.807) is 36.4 Å². The molecule has 0 saturated carbocycles. The molecule has 29 heavy (non-hydrogen) atoms. The number of hydrazone groups is 1. The number of rotatable bonds is 5. The number of amides is 1. The third-order valence-corrected chi connectivity index (χ3v) is 6.62. The van der Waals surface area contributed by atoms with Crippen LogP contribution in [0.15, 0.2) is 70.7 Å². The van der Waals surface area contributed by atoms with E-state index in [0.717, 1.165) is 15.3 Å². The quantitative estimate of drug-likeness (QED) is 0.500. The van der Waals surface area contributed by atoms with E-state index >= 15 is 0 Å². The number of carbonyl (C=O) groups excluding carboxylic acids is 1. The summed E-state index contributed by atoms with van der Waals surface area (Å²) >= 11 is 0. The molecular weight excluding hydrogens is 390 g/mol. The van der Waals surface area contributed by atoms with Crippen LogP contribution in [0.1, 0.15) is 18.9 Å². The number of nitrogens with one attached hydrogen (secondary N) is 1. The summed E-state index contributed by atoms with van der Waals surface area (Å²) in [5, 5.41) is 15.0. The number of anilines is 1. The molecule has 4 rings (SSSR count). The van der Waals surface area contributed by atoms with Crippen molar-refractivity contribution in [3.8, 4) is 5.75 Å². The van der Waals surface area contributed by atoms with Crippen molar-refractivity contribution < 1.29 is 18.3 Å². The predicted octanol–water partition coefficient (Wildman–Crippen LogP) is 2.98. The van der Waals surface area contributed by atoms with Crippen LogP contribution in [0.5, 0.6) is 5.75 Å². The number of nitrogens with zero attached hydrogens (tertiary/aromatic N) is 2. The van der Waals surface area contributed by atoms with E-state index in [9.17, 15) is 18.3 Å². The first-order valence-electron chi connectivity index (χ1n) is 9.11. The van der Waals surface area contributed by atoms with Crippen LogP contribution in [0, 0.1) is 0 Å². The Morgan fingerprint density at radius 1 is 1.07 bits per heavy atom. The van der Waals surface area contributed by atoms with Gasteiger partial charge in [0.2, 0.25) is 0 Å². The van der Waals surface area contributed by atoms with Crippen LogP contribution in [-0.4, -0.2) is 31.7 Å². The maximum atomic E-state index is 12.9. The minimum Gasteiger partial charge on any atom is -0.508 e. The van der Waals surface area contributed by atoms with Crippen LogP contribution >= 0.6 is 0 Å². The molecule has 0 aromatic heterocycles. The largest absolute Gasteiger partial charge is 0.508 e. The van der Waals surface area contributed by atoms with Gasteiger partial charge in [0, 0.05) is 5.39 Å². The minimum absolute atomic E-state index is 0.140.